The third kappa shape index (κ3) is 3.46. The predicted octanol–water partition coefficient (Wildman–Crippen LogP) is 6.20. The summed E-state index contributed by atoms with van der Waals surface area (Å²) >= 11 is 12.4. The van der Waals surface area contributed by atoms with Crippen molar-refractivity contribution in [2.24, 2.45) is 0 Å². The highest BCUT2D eigenvalue weighted by atomic mass is 35.5. The highest BCUT2D eigenvalue weighted by molar-refractivity contribution is 6.43. The minimum Gasteiger partial charge on any atom is -0.342 e. The first-order valence-corrected chi connectivity index (χ1v) is 9.26. The number of rotatable bonds is 4. The van der Waals surface area contributed by atoms with E-state index in [2.05, 4.69) is 45.3 Å². The number of allylic oxidation sites excluding steroid dienone is 4. The minimum absolute atomic E-state index is 0.497. The van der Waals surface area contributed by atoms with Crippen LogP contribution in [0.15, 0.2) is 72.5 Å². The van der Waals surface area contributed by atoms with Crippen LogP contribution in [0.3, 0.4) is 0 Å². The fourth-order valence-corrected chi connectivity index (χ4v) is 3.50. The van der Waals surface area contributed by atoms with Gasteiger partial charge in [-0.15, -0.1) is 10.2 Å². The van der Waals surface area contributed by atoms with Gasteiger partial charge in [0.05, 0.1) is 21.4 Å². The Kier molecular flexibility index (Phi) is 4.91. The zero-order valence-corrected chi connectivity index (χ0v) is 15.6. The van der Waals surface area contributed by atoms with Crippen molar-refractivity contribution in [3.63, 3.8) is 0 Å². The molecule has 0 unspecified atom stereocenters. The van der Waals surface area contributed by atoms with Gasteiger partial charge in [0.1, 0.15) is 5.69 Å². The first-order valence-electron chi connectivity index (χ1n) is 8.50. The first kappa shape index (κ1) is 17.1. The number of aromatic nitrogens is 3. The van der Waals surface area contributed by atoms with Gasteiger partial charge in [0, 0.05) is 18.3 Å². The van der Waals surface area contributed by atoms with Crippen LogP contribution in [0.4, 0.5) is 0 Å². The smallest absolute Gasteiger partial charge is 0.109 e. The second-order valence-electron chi connectivity index (χ2n) is 6.22. The van der Waals surface area contributed by atoms with E-state index in [4.69, 9.17) is 23.2 Å². The van der Waals surface area contributed by atoms with Crippen molar-refractivity contribution >= 4 is 23.2 Å². The van der Waals surface area contributed by atoms with E-state index in [0.717, 1.165) is 36.3 Å². The average Bonchev–Trinajstić information content (AvgIpc) is 3.13. The van der Waals surface area contributed by atoms with Crippen molar-refractivity contribution in [3.05, 3.63) is 82.5 Å². The zero-order valence-electron chi connectivity index (χ0n) is 14.1. The predicted molar refractivity (Wildman–Crippen MR) is 107 cm³/mol. The fraction of sp³-hybridized carbons (Fsp3) is 0.143. The summed E-state index contributed by atoms with van der Waals surface area (Å²) in [5, 5.41) is 9.79. The van der Waals surface area contributed by atoms with Gasteiger partial charge < -0.3 is 4.57 Å². The van der Waals surface area contributed by atoms with Gasteiger partial charge in [-0.25, -0.2) is 0 Å². The zero-order chi connectivity index (χ0) is 17.9. The van der Waals surface area contributed by atoms with E-state index in [-0.39, 0.29) is 0 Å². The Labute approximate surface area is 162 Å². The van der Waals surface area contributed by atoms with Crippen molar-refractivity contribution in [2.45, 2.75) is 19.4 Å². The van der Waals surface area contributed by atoms with Gasteiger partial charge in [0.25, 0.3) is 0 Å². The van der Waals surface area contributed by atoms with Gasteiger partial charge in [-0.2, -0.15) is 0 Å². The molecule has 0 saturated heterocycles. The fourth-order valence-electron chi connectivity index (χ4n) is 3.10. The molecule has 0 bridgehead atoms. The molecule has 130 valence electrons. The number of halogens is 2. The molecular formula is C21H17Cl2N3. The van der Waals surface area contributed by atoms with Crippen LogP contribution in [0.25, 0.3) is 22.6 Å². The summed E-state index contributed by atoms with van der Waals surface area (Å²) in [7, 11) is 0. The van der Waals surface area contributed by atoms with Crippen molar-refractivity contribution in [1.29, 1.82) is 0 Å². The van der Waals surface area contributed by atoms with Crippen LogP contribution >= 0.6 is 23.2 Å². The van der Waals surface area contributed by atoms with E-state index >= 15 is 0 Å². The molecule has 1 aliphatic rings. The molecule has 0 amide bonds. The van der Waals surface area contributed by atoms with Crippen LogP contribution in [0.1, 0.15) is 12.8 Å². The average molecular weight is 382 g/mol. The van der Waals surface area contributed by atoms with Crippen LogP contribution in [0.2, 0.25) is 10.0 Å². The summed E-state index contributed by atoms with van der Waals surface area (Å²) in [4.78, 5) is 0. The molecular weight excluding hydrogens is 365 g/mol. The number of hydrogen-bond donors (Lipinski definition) is 0. The second kappa shape index (κ2) is 7.48. The third-order valence-corrected chi connectivity index (χ3v) is 5.28. The summed E-state index contributed by atoms with van der Waals surface area (Å²) < 4.78 is 2.21. The lowest BCUT2D eigenvalue weighted by Crippen LogP contribution is -2.04. The lowest BCUT2D eigenvalue weighted by molar-refractivity contribution is 0.745. The Morgan fingerprint density at radius 3 is 2.58 bits per heavy atom. The second-order valence-corrected chi connectivity index (χ2v) is 7.00. The third-order valence-electron chi connectivity index (χ3n) is 4.46. The summed E-state index contributed by atoms with van der Waals surface area (Å²) in [5.41, 5.74) is 4.80. The van der Waals surface area contributed by atoms with E-state index in [0.29, 0.717) is 15.7 Å². The SMILES string of the molecule is Clc1cccc(-c2ccc(-c3cccn3CC3=CC=CCC3)nn2)c1Cl. The molecule has 0 fully saturated rings. The van der Waals surface area contributed by atoms with Gasteiger partial charge in [-0.1, -0.05) is 59.1 Å². The Bertz CT molecular complexity index is 985. The Morgan fingerprint density at radius 1 is 0.962 bits per heavy atom. The van der Waals surface area contributed by atoms with E-state index in [1.807, 2.05) is 30.3 Å². The molecule has 3 nitrogen and oxygen atoms in total. The molecule has 2 aromatic heterocycles. The van der Waals surface area contributed by atoms with Gasteiger partial charge in [-0.3, -0.25) is 0 Å². The van der Waals surface area contributed by atoms with Crippen LogP contribution in [0.5, 0.6) is 0 Å². The first-order chi connectivity index (χ1) is 12.7. The molecule has 0 saturated carbocycles. The highest BCUT2D eigenvalue weighted by Gasteiger charge is 2.11. The van der Waals surface area contributed by atoms with Gasteiger partial charge in [-0.05, 0) is 43.2 Å². The maximum atomic E-state index is 6.29. The summed E-state index contributed by atoms with van der Waals surface area (Å²) in [6.45, 7) is 0.871. The molecule has 26 heavy (non-hydrogen) atoms. The minimum atomic E-state index is 0.497. The highest BCUT2D eigenvalue weighted by Crippen LogP contribution is 2.32. The lowest BCUT2D eigenvalue weighted by Gasteiger charge is -2.13. The van der Waals surface area contributed by atoms with Crippen LogP contribution in [0, 0.1) is 0 Å². The van der Waals surface area contributed by atoms with Crippen molar-refractivity contribution in [3.8, 4) is 22.6 Å². The van der Waals surface area contributed by atoms with E-state index in [9.17, 15) is 0 Å². The summed E-state index contributed by atoms with van der Waals surface area (Å²) in [6.07, 6.45) is 10.8. The van der Waals surface area contributed by atoms with Crippen LogP contribution in [-0.2, 0) is 6.54 Å². The largest absolute Gasteiger partial charge is 0.342 e. The van der Waals surface area contributed by atoms with Crippen molar-refractivity contribution in [1.82, 2.24) is 14.8 Å². The van der Waals surface area contributed by atoms with E-state index in [1.54, 1.807) is 6.07 Å². The monoisotopic (exact) mass is 381 g/mol. The lowest BCUT2D eigenvalue weighted by atomic mass is 10.1. The van der Waals surface area contributed by atoms with Gasteiger partial charge in [0.2, 0.25) is 0 Å². The van der Waals surface area contributed by atoms with E-state index in [1.165, 1.54) is 5.57 Å². The maximum Gasteiger partial charge on any atom is 0.109 e. The number of nitrogens with zero attached hydrogens (tertiary/aromatic N) is 3. The molecule has 5 heteroatoms. The molecule has 1 aromatic carbocycles. The standard InChI is InChI=1S/C21H17Cl2N3/c22-17-9-4-8-16(21(17)23)18-11-12-19(25-24-18)20-10-5-13-26(20)14-15-6-2-1-3-7-15/h1-2,4-6,8-13H,3,7,14H2. The van der Waals surface area contributed by atoms with Gasteiger partial charge >= 0.3 is 0 Å². The molecule has 1 aliphatic carbocycles. The quantitative estimate of drug-likeness (QED) is 0.538. The summed E-state index contributed by atoms with van der Waals surface area (Å²) in [6, 6.07) is 13.5. The Morgan fingerprint density at radius 2 is 1.81 bits per heavy atom. The normalized spacial score (nSPS) is 13.7. The molecule has 0 aliphatic heterocycles. The molecule has 4 rings (SSSR count). The van der Waals surface area contributed by atoms with Gasteiger partial charge in [0.15, 0.2) is 0 Å². The van der Waals surface area contributed by atoms with Crippen molar-refractivity contribution in [2.75, 3.05) is 0 Å². The Hall–Kier alpha value is -2.36. The molecule has 0 radical (unpaired) electrons. The molecule has 0 atom stereocenters. The van der Waals surface area contributed by atoms with Crippen LogP contribution in [-0.4, -0.2) is 14.8 Å². The topological polar surface area (TPSA) is 30.7 Å². The number of benzene rings is 1. The van der Waals surface area contributed by atoms with Crippen LogP contribution < -0.4 is 0 Å². The van der Waals surface area contributed by atoms with E-state index < -0.39 is 0 Å². The summed E-state index contributed by atoms with van der Waals surface area (Å²) in [5.74, 6) is 0. The maximum absolute atomic E-state index is 6.29. The number of hydrogen-bond acceptors (Lipinski definition) is 2. The molecule has 0 spiro atoms. The molecule has 3 aromatic rings. The Balaban J connectivity index is 1.62. The molecule has 0 N–H and O–H groups in total. The molecule has 2 heterocycles. The van der Waals surface area contributed by atoms with Crippen molar-refractivity contribution < 1.29 is 0 Å².